The minimum absolute atomic E-state index is 0. The van der Waals surface area contributed by atoms with E-state index < -0.39 is 0 Å². The first kappa shape index (κ1) is 16.6. The molecule has 0 saturated carbocycles. The summed E-state index contributed by atoms with van der Waals surface area (Å²) >= 11 is 10.7. The van der Waals surface area contributed by atoms with Crippen LogP contribution >= 0.6 is 24.4 Å². The van der Waals surface area contributed by atoms with Crippen LogP contribution in [-0.4, -0.2) is 19.6 Å². The van der Waals surface area contributed by atoms with E-state index in [1.165, 1.54) is 6.42 Å². The SMILES string of the molecule is CCN(CC)c1c(NCCCC(C)(C)C)c(=S)c1=S.[HH]. The molecule has 110 valence electrons. The van der Waals surface area contributed by atoms with E-state index in [0.29, 0.717) is 5.41 Å². The zero-order chi connectivity index (χ0) is 14.6. The Labute approximate surface area is 129 Å². The van der Waals surface area contributed by atoms with Gasteiger partial charge in [0.1, 0.15) is 0 Å². The smallest absolute Gasteiger partial charge is 0.0834 e. The third-order valence-corrected chi connectivity index (χ3v) is 4.31. The average Bonchev–Trinajstić information content (AvgIpc) is 2.35. The quantitative estimate of drug-likeness (QED) is 0.539. The van der Waals surface area contributed by atoms with E-state index in [2.05, 4.69) is 44.8 Å². The number of nitrogens with zero attached hydrogens (tertiary/aromatic N) is 1. The second kappa shape index (κ2) is 6.80. The molecule has 1 N–H and O–H groups in total. The normalized spacial score (nSPS) is 11.8. The van der Waals surface area contributed by atoms with Crippen molar-refractivity contribution in [2.75, 3.05) is 29.9 Å². The Kier molecular flexibility index (Phi) is 5.93. The maximum atomic E-state index is 5.37. The van der Waals surface area contributed by atoms with Crippen LogP contribution in [0.4, 0.5) is 11.4 Å². The summed E-state index contributed by atoms with van der Waals surface area (Å²) in [5, 5.41) is 3.48. The molecule has 0 aliphatic rings. The van der Waals surface area contributed by atoms with Crippen LogP contribution in [0.3, 0.4) is 0 Å². The van der Waals surface area contributed by atoms with E-state index in [4.69, 9.17) is 24.4 Å². The number of hydrogen-bond donors (Lipinski definition) is 1. The summed E-state index contributed by atoms with van der Waals surface area (Å²) in [6.45, 7) is 14.0. The van der Waals surface area contributed by atoms with Gasteiger partial charge in [-0.15, -0.1) is 0 Å². The minimum Gasteiger partial charge on any atom is -0.382 e. The number of hydrogen-bond acceptors (Lipinski definition) is 4. The molecule has 19 heavy (non-hydrogen) atoms. The predicted molar refractivity (Wildman–Crippen MR) is 93.3 cm³/mol. The molecule has 2 nitrogen and oxygen atoms in total. The first-order valence-electron chi connectivity index (χ1n) is 7.14. The first-order chi connectivity index (χ1) is 8.81. The highest BCUT2D eigenvalue weighted by atomic mass is 32.1. The van der Waals surface area contributed by atoms with Crippen molar-refractivity contribution in [3.05, 3.63) is 9.02 Å². The van der Waals surface area contributed by atoms with Crippen LogP contribution in [0.1, 0.15) is 48.9 Å². The van der Waals surface area contributed by atoms with Gasteiger partial charge in [0.25, 0.3) is 0 Å². The van der Waals surface area contributed by atoms with Crippen molar-refractivity contribution in [2.45, 2.75) is 47.5 Å². The van der Waals surface area contributed by atoms with E-state index in [1.807, 2.05) is 0 Å². The van der Waals surface area contributed by atoms with Crippen molar-refractivity contribution in [3.63, 3.8) is 0 Å². The van der Waals surface area contributed by atoms with Crippen LogP contribution in [0.25, 0.3) is 0 Å². The highest BCUT2D eigenvalue weighted by Gasteiger charge is 2.18. The van der Waals surface area contributed by atoms with Crippen molar-refractivity contribution in [3.8, 4) is 0 Å². The van der Waals surface area contributed by atoms with Crippen molar-refractivity contribution < 1.29 is 1.43 Å². The summed E-state index contributed by atoms with van der Waals surface area (Å²) in [7, 11) is 0. The Morgan fingerprint density at radius 1 is 1.11 bits per heavy atom. The summed E-state index contributed by atoms with van der Waals surface area (Å²) in [6, 6.07) is 0. The van der Waals surface area contributed by atoms with Crippen LogP contribution in [0.5, 0.6) is 0 Å². The number of rotatable bonds is 7. The Balaban J connectivity index is 0.00000361. The largest absolute Gasteiger partial charge is 0.382 e. The zero-order valence-corrected chi connectivity index (χ0v) is 14.4. The Morgan fingerprint density at radius 2 is 1.68 bits per heavy atom. The molecule has 0 aliphatic carbocycles. The fourth-order valence-corrected chi connectivity index (χ4v) is 2.82. The molecule has 0 unspecified atom stereocenters. The van der Waals surface area contributed by atoms with E-state index in [1.54, 1.807) is 0 Å². The third kappa shape index (κ3) is 4.25. The van der Waals surface area contributed by atoms with E-state index in [0.717, 1.165) is 46.5 Å². The van der Waals surface area contributed by atoms with Crippen molar-refractivity contribution in [2.24, 2.45) is 5.41 Å². The highest BCUT2D eigenvalue weighted by Crippen LogP contribution is 2.35. The monoisotopic (exact) mass is 300 g/mol. The molecule has 0 saturated heterocycles. The van der Waals surface area contributed by atoms with Gasteiger partial charge in [-0.3, -0.25) is 0 Å². The summed E-state index contributed by atoms with van der Waals surface area (Å²) in [5.74, 6) is 0. The van der Waals surface area contributed by atoms with Gasteiger partial charge in [-0.25, -0.2) is 0 Å². The minimum atomic E-state index is 0. The fraction of sp³-hybridized carbons (Fsp3) is 0.733. The molecule has 0 spiro atoms. The summed E-state index contributed by atoms with van der Waals surface area (Å²) < 4.78 is 1.70. The van der Waals surface area contributed by atoms with Crippen LogP contribution < -0.4 is 10.2 Å². The first-order valence-corrected chi connectivity index (χ1v) is 7.95. The molecule has 0 heterocycles. The van der Waals surface area contributed by atoms with Crippen molar-refractivity contribution in [1.82, 2.24) is 0 Å². The molecule has 0 radical (unpaired) electrons. The molecule has 0 aliphatic heterocycles. The summed E-state index contributed by atoms with van der Waals surface area (Å²) in [4.78, 5) is 2.28. The van der Waals surface area contributed by atoms with Crippen molar-refractivity contribution >= 4 is 35.8 Å². The third-order valence-electron chi connectivity index (χ3n) is 3.37. The maximum absolute atomic E-state index is 5.37. The predicted octanol–water partition coefficient (Wildman–Crippen LogP) is 5.35. The lowest BCUT2D eigenvalue weighted by atomic mass is 9.90. The average molecular weight is 301 g/mol. The van der Waals surface area contributed by atoms with Gasteiger partial charge in [0.15, 0.2) is 0 Å². The van der Waals surface area contributed by atoms with Gasteiger partial charge in [-0.2, -0.15) is 0 Å². The van der Waals surface area contributed by atoms with Gasteiger partial charge in [0, 0.05) is 21.1 Å². The lowest BCUT2D eigenvalue weighted by molar-refractivity contribution is 0.370. The van der Waals surface area contributed by atoms with Crippen LogP contribution in [-0.2, 0) is 0 Å². The molecule has 0 amide bonds. The van der Waals surface area contributed by atoms with Gasteiger partial charge < -0.3 is 10.2 Å². The van der Waals surface area contributed by atoms with Gasteiger partial charge in [0.05, 0.1) is 20.4 Å². The summed E-state index contributed by atoms with van der Waals surface area (Å²) in [6.07, 6.45) is 2.37. The number of anilines is 2. The van der Waals surface area contributed by atoms with E-state index in [9.17, 15) is 0 Å². The Morgan fingerprint density at radius 3 is 2.16 bits per heavy atom. The topological polar surface area (TPSA) is 15.3 Å². The van der Waals surface area contributed by atoms with Crippen molar-refractivity contribution in [1.29, 1.82) is 0 Å². The molecule has 0 fully saturated rings. The summed E-state index contributed by atoms with van der Waals surface area (Å²) in [5.41, 5.74) is 2.64. The van der Waals surface area contributed by atoms with Crippen LogP contribution in [0.15, 0.2) is 0 Å². The second-order valence-corrected chi connectivity index (χ2v) is 6.96. The van der Waals surface area contributed by atoms with Gasteiger partial charge >= 0.3 is 0 Å². The van der Waals surface area contributed by atoms with Gasteiger partial charge in [0.2, 0.25) is 0 Å². The molecule has 1 rings (SSSR count). The molecule has 4 heteroatoms. The van der Waals surface area contributed by atoms with E-state index >= 15 is 0 Å². The molecule has 1 aromatic rings. The standard InChI is InChI=1S/C15H26N2S2.H2/c1-6-17(7-2)12-11(13(18)14(12)19)16-10-8-9-15(3,4)5;/h16H,6-10H2,1-5H3;1H. The number of nitrogens with one attached hydrogen (secondary N) is 1. The molecule has 0 atom stereocenters. The molecular formula is C15H28N2S2. The molecule has 0 bridgehead atoms. The van der Waals surface area contributed by atoms with Crippen LogP contribution in [0, 0.1) is 14.4 Å². The second-order valence-electron chi connectivity index (χ2n) is 6.15. The highest BCUT2D eigenvalue weighted by molar-refractivity contribution is 7.74. The molecule has 1 aromatic carbocycles. The van der Waals surface area contributed by atoms with Crippen LogP contribution in [0.2, 0.25) is 0 Å². The Hall–Kier alpha value is -0.480. The maximum Gasteiger partial charge on any atom is 0.0834 e. The lowest BCUT2D eigenvalue weighted by Gasteiger charge is -2.27. The fourth-order valence-electron chi connectivity index (χ4n) is 2.22. The zero-order valence-electron chi connectivity index (χ0n) is 12.8. The molecule has 0 aromatic heterocycles. The van der Waals surface area contributed by atoms with Gasteiger partial charge in [-0.1, -0.05) is 45.2 Å². The van der Waals surface area contributed by atoms with E-state index in [-0.39, 0.29) is 1.43 Å². The molecular weight excluding hydrogens is 272 g/mol. The Bertz CT molecular complexity index is 481. The van der Waals surface area contributed by atoms with Gasteiger partial charge in [-0.05, 0) is 32.1 Å². The lowest BCUT2D eigenvalue weighted by Crippen LogP contribution is -2.25.